The summed E-state index contributed by atoms with van der Waals surface area (Å²) in [6.45, 7) is 1.70. The molecular formula is C20H19N5O5S. The molecular weight excluding hydrogens is 422 g/mol. The van der Waals surface area contributed by atoms with E-state index in [2.05, 4.69) is 20.8 Å². The Balaban J connectivity index is 1.61. The Morgan fingerprint density at radius 2 is 1.97 bits per heavy atom. The predicted octanol–water partition coefficient (Wildman–Crippen LogP) is 2.94. The average Bonchev–Trinajstić information content (AvgIpc) is 3.11. The topological polar surface area (TPSA) is 135 Å². The molecule has 0 spiro atoms. The molecule has 0 aliphatic carbocycles. The molecule has 1 heterocycles. The number of thioether (sulfide) groups is 1. The Kier molecular flexibility index (Phi) is 6.98. The highest BCUT2D eigenvalue weighted by molar-refractivity contribution is 8.15. The van der Waals surface area contributed by atoms with Crippen LogP contribution < -0.4 is 15.4 Å². The van der Waals surface area contributed by atoms with Crippen molar-refractivity contribution in [2.45, 2.75) is 18.6 Å². The molecule has 1 saturated heterocycles. The van der Waals surface area contributed by atoms with E-state index in [0.29, 0.717) is 22.7 Å². The molecule has 3 rings (SSSR count). The number of benzene rings is 2. The van der Waals surface area contributed by atoms with E-state index in [1.54, 1.807) is 43.3 Å². The molecule has 2 aromatic rings. The van der Waals surface area contributed by atoms with Gasteiger partial charge in [0.15, 0.2) is 5.17 Å². The lowest BCUT2D eigenvalue weighted by atomic mass is 10.1. The number of hydrogen-bond acceptors (Lipinski definition) is 8. The Hall–Kier alpha value is -3.73. The number of nitrogens with one attached hydrogen (secondary N) is 2. The molecule has 0 unspecified atom stereocenters. The number of anilines is 1. The number of rotatable bonds is 7. The van der Waals surface area contributed by atoms with Crippen molar-refractivity contribution in [2.24, 2.45) is 10.2 Å². The number of carbonyl (C=O) groups is 2. The first-order valence-electron chi connectivity index (χ1n) is 9.15. The standard InChI is InChI=1S/C20H19N5O5S/c1-12(13-7-9-14(10-8-13)25(28)29)23-24-20-22-19(27)17(31-20)11-18(26)21-15-5-3-4-6-16(15)30-2/h3-10,17H,11H2,1-2H3,(H,21,26)(H,22,24,27)/b23-12-/t17-/m1/s1. The van der Waals surface area contributed by atoms with Crippen LogP contribution in [0.1, 0.15) is 18.9 Å². The zero-order chi connectivity index (χ0) is 22.4. The SMILES string of the molecule is COc1ccccc1NC(=O)C[C@H]1S/C(=N/N=C(/C)c2ccc([N+](=O)[O-])cc2)NC1=O. The number of ether oxygens (including phenoxy) is 1. The second kappa shape index (κ2) is 9.85. The van der Waals surface area contributed by atoms with E-state index in [9.17, 15) is 19.7 Å². The van der Waals surface area contributed by atoms with Gasteiger partial charge in [-0.25, -0.2) is 0 Å². The van der Waals surface area contributed by atoms with Gasteiger partial charge in [0.05, 0.1) is 23.4 Å². The highest BCUT2D eigenvalue weighted by Crippen LogP contribution is 2.26. The first-order valence-corrected chi connectivity index (χ1v) is 10.0. The number of non-ortho nitro benzene ring substituents is 1. The molecule has 1 aliphatic rings. The van der Waals surface area contributed by atoms with Gasteiger partial charge in [-0.2, -0.15) is 5.10 Å². The quantitative estimate of drug-likeness (QED) is 0.385. The molecule has 1 aliphatic heterocycles. The molecule has 0 saturated carbocycles. The van der Waals surface area contributed by atoms with Gasteiger partial charge in [-0.05, 0) is 36.8 Å². The highest BCUT2D eigenvalue weighted by atomic mass is 32.2. The average molecular weight is 441 g/mol. The van der Waals surface area contributed by atoms with Crippen molar-refractivity contribution in [2.75, 3.05) is 12.4 Å². The van der Waals surface area contributed by atoms with Crippen LogP contribution in [0.2, 0.25) is 0 Å². The molecule has 160 valence electrons. The summed E-state index contributed by atoms with van der Waals surface area (Å²) in [6.07, 6.45) is -0.0430. The molecule has 0 radical (unpaired) electrons. The molecule has 1 atom stereocenters. The summed E-state index contributed by atoms with van der Waals surface area (Å²) in [6, 6.07) is 12.9. The van der Waals surface area contributed by atoms with Crippen LogP contribution >= 0.6 is 11.8 Å². The number of methoxy groups -OCH3 is 1. The van der Waals surface area contributed by atoms with Crippen molar-refractivity contribution in [3.63, 3.8) is 0 Å². The number of carbonyl (C=O) groups excluding carboxylic acids is 2. The third-order valence-corrected chi connectivity index (χ3v) is 5.39. The molecule has 2 aromatic carbocycles. The van der Waals surface area contributed by atoms with E-state index in [-0.39, 0.29) is 29.1 Å². The van der Waals surface area contributed by atoms with Crippen LogP contribution in [0.4, 0.5) is 11.4 Å². The molecule has 2 amide bonds. The zero-order valence-electron chi connectivity index (χ0n) is 16.7. The van der Waals surface area contributed by atoms with E-state index in [4.69, 9.17) is 4.74 Å². The molecule has 11 heteroatoms. The van der Waals surface area contributed by atoms with Gasteiger partial charge in [0.1, 0.15) is 11.0 Å². The monoisotopic (exact) mass is 441 g/mol. The van der Waals surface area contributed by atoms with E-state index in [0.717, 1.165) is 11.8 Å². The van der Waals surface area contributed by atoms with Gasteiger partial charge in [0, 0.05) is 18.6 Å². The van der Waals surface area contributed by atoms with Crippen LogP contribution in [-0.4, -0.2) is 40.0 Å². The van der Waals surface area contributed by atoms with Crippen LogP contribution in [0.3, 0.4) is 0 Å². The van der Waals surface area contributed by atoms with Crippen molar-refractivity contribution < 1.29 is 19.2 Å². The maximum absolute atomic E-state index is 12.3. The van der Waals surface area contributed by atoms with Gasteiger partial charge in [0.2, 0.25) is 11.8 Å². The predicted molar refractivity (Wildman–Crippen MR) is 119 cm³/mol. The van der Waals surface area contributed by atoms with E-state index in [1.165, 1.54) is 19.2 Å². The minimum atomic E-state index is -0.636. The Morgan fingerprint density at radius 1 is 1.26 bits per heavy atom. The summed E-state index contributed by atoms with van der Waals surface area (Å²) in [5, 5.41) is 23.8. The number of nitrogens with zero attached hydrogens (tertiary/aromatic N) is 3. The van der Waals surface area contributed by atoms with Gasteiger partial charge in [-0.3, -0.25) is 19.7 Å². The third kappa shape index (κ3) is 5.66. The number of nitro groups is 1. The fourth-order valence-electron chi connectivity index (χ4n) is 2.71. The first kappa shape index (κ1) is 22.0. The summed E-state index contributed by atoms with van der Waals surface area (Å²) in [5.74, 6) is -0.135. The van der Waals surface area contributed by atoms with E-state index >= 15 is 0 Å². The molecule has 1 fully saturated rings. The fourth-order valence-corrected chi connectivity index (χ4v) is 3.62. The number of amidine groups is 1. The summed E-state index contributed by atoms with van der Waals surface area (Å²) < 4.78 is 5.20. The van der Waals surface area contributed by atoms with E-state index < -0.39 is 10.2 Å². The van der Waals surface area contributed by atoms with Crippen molar-refractivity contribution in [1.29, 1.82) is 0 Å². The lowest BCUT2D eigenvalue weighted by molar-refractivity contribution is -0.384. The summed E-state index contributed by atoms with van der Waals surface area (Å²) >= 11 is 1.11. The van der Waals surface area contributed by atoms with Gasteiger partial charge < -0.3 is 15.4 Å². The number of hydrogen-bond donors (Lipinski definition) is 2. The van der Waals surface area contributed by atoms with Gasteiger partial charge in [-0.1, -0.05) is 23.9 Å². The second-order valence-corrected chi connectivity index (χ2v) is 7.63. The normalized spacial score (nSPS) is 17.4. The van der Waals surface area contributed by atoms with Gasteiger partial charge >= 0.3 is 0 Å². The molecule has 0 aromatic heterocycles. The molecule has 0 bridgehead atoms. The highest BCUT2D eigenvalue weighted by Gasteiger charge is 2.32. The molecule has 2 N–H and O–H groups in total. The van der Waals surface area contributed by atoms with Crippen LogP contribution in [0.5, 0.6) is 5.75 Å². The van der Waals surface area contributed by atoms with Crippen molar-refractivity contribution in [3.8, 4) is 5.75 Å². The Morgan fingerprint density at radius 3 is 2.65 bits per heavy atom. The van der Waals surface area contributed by atoms with E-state index in [1.807, 2.05) is 0 Å². The maximum Gasteiger partial charge on any atom is 0.269 e. The van der Waals surface area contributed by atoms with Gasteiger partial charge in [0.25, 0.3) is 5.69 Å². The summed E-state index contributed by atoms with van der Waals surface area (Å²) in [4.78, 5) is 34.8. The maximum atomic E-state index is 12.3. The van der Waals surface area contributed by atoms with Crippen LogP contribution in [0, 0.1) is 10.1 Å². The minimum Gasteiger partial charge on any atom is -0.495 e. The summed E-state index contributed by atoms with van der Waals surface area (Å²) in [7, 11) is 1.51. The van der Waals surface area contributed by atoms with Crippen molar-refractivity contribution in [1.82, 2.24) is 5.32 Å². The van der Waals surface area contributed by atoms with Gasteiger partial charge in [-0.15, -0.1) is 5.10 Å². The first-order chi connectivity index (χ1) is 14.9. The Bertz CT molecular complexity index is 1070. The van der Waals surface area contributed by atoms with Crippen LogP contribution in [0.25, 0.3) is 0 Å². The lowest BCUT2D eigenvalue weighted by Gasteiger charge is -2.10. The largest absolute Gasteiger partial charge is 0.495 e. The fraction of sp³-hybridized carbons (Fsp3) is 0.200. The zero-order valence-corrected chi connectivity index (χ0v) is 17.5. The minimum absolute atomic E-state index is 0.0179. The smallest absolute Gasteiger partial charge is 0.269 e. The van der Waals surface area contributed by atoms with Crippen molar-refractivity contribution in [3.05, 3.63) is 64.2 Å². The number of amides is 2. The molecule has 10 nitrogen and oxygen atoms in total. The van der Waals surface area contributed by atoms with Crippen LogP contribution in [0.15, 0.2) is 58.7 Å². The second-order valence-electron chi connectivity index (χ2n) is 6.44. The third-order valence-electron chi connectivity index (χ3n) is 4.32. The van der Waals surface area contributed by atoms with Crippen LogP contribution in [-0.2, 0) is 9.59 Å². The number of nitro benzene ring substituents is 1. The molecule has 31 heavy (non-hydrogen) atoms. The lowest BCUT2D eigenvalue weighted by Crippen LogP contribution is -2.28. The Labute approximate surface area is 181 Å². The van der Waals surface area contributed by atoms with Crippen molar-refractivity contribution >= 4 is 45.8 Å². The summed E-state index contributed by atoms with van der Waals surface area (Å²) in [5.41, 5.74) is 1.69. The number of para-hydroxylation sites is 2.